The zero-order chi connectivity index (χ0) is 18.4. The molecule has 0 aromatic heterocycles. The fourth-order valence-corrected chi connectivity index (χ4v) is 2.87. The molecule has 1 fully saturated rings. The molecule has 0 saturated carbocycles. The molecule has 2 amide bonds. The van der Waals surface area contributed by atoms with Crippen LogP contribution in [0.3, 0.4) is 0 Å². The fourth-order valence-electron chi connectivity index (χ4n) is 2.65. The standard InChI is InChI=1S/C17H21ClN2O5/c1-24-7-3-6-19-16(22)12-9-15(21)20(10-12)14-8-11(17(23)25-2)4-5-13(14)18/h4-5,8,12H,3,6-7,9-10H2,1-2H3,(H,19,22). The van der Waals surface area contributed by atoms with Crippen molar-refractivity contribution in [2.24, 2.45) is 5.92 Å². The Balaban J connectivity index is 2.07. The number of anilines is 1. The second kappa shape index (κ2) is 8.82. The maximum absolute atomic E-state index is 12.3. The molecule has 1 aromatic rings. The SMILES string of the molecule is COCCCNC(=O)C1CC(=O)N(c2cc(C(=O)OC)ccc2Cl)C1. The van der Waals surface area contributed by atoms with Crippen molar-refractivity contribution in [1.29, 1.82) is 0 Å². The van der Waals surface area contributed by atoms with E-state index in [1.54, 1.807) is 7.11 Å². The molecule has 0 bridgehead atoms. The summed E-state index contributed by atoms with van der Waals surface area (Å²) < 4.78 is 9.61. The summed E-state index contributed by atoms with van der Waals surface area (Å²) in [5.41, 5.74) is 0.700. The molecular formula is C17H21ClN2O5. The van der Waals surface area contributed by atoms with Crippen molar-refractivity contribution in [3.05, 3.63) is 28.8 Å². The van der Waals surface area contributed by atoms with Gasteiger partial charge in [-0.05, 0) is 24.6 Å². The molecule has 1 heterocycles. The van der Waals surface area contributed by atoms with Crippen LogP contribution in [-0.4, -0.2) is 51.7 Å². The summed E-state index contributed by atoms with van der Waals surface area (Å²) in [7, 11) is 2.88. The number of carbonyl (C=O) groups excluding carboxylic acids is 3. The summed E-state index contributed by atoms with van der Waals surface area (Å²) >= 11 is 6.17. The Labute approximate surface area is 151 Å². The Kier molecular flexibility index (Phi) is 6.78. The monoisotopic (exact) mass is 368 g/mol. The number of nitrogens with one attached hydrogen (secondary N) is 1. The minimum Gasteiger partial charge on any atom is -0.465 e. The number of esters is 1. The number of amides is 2. The van der Waals surface area contributed by atoms with Gasteiger partial charge in [-0.15, -0.1) is 0 Å². The summed E-state index contributed by atoms with van der Waals surface area (Å²) in [6.07, 6.45) is 0.814. The number of rotatable bonds is 7. The van der Waals surface area contributed by atoms with Gasteiger partial charge in [0.1, 0.15) is 0 Å². The van der Waals surface area contributed by atoms with Crippen LogP contribution < -0.4 is 10.2 Å². The highest BCUT2D eigenvalue weighted by Crippen LogP contribution is 2.32. The smallest absolute Gasteiger partial charge is 0.337 e. The molecule has 1 aliphatic heterocycles. The molecule has 7 nitrogen and oxygen atoms in total. The van der Waals surface area contributed by atoms with Crippen LogP contribution in [0.25, 0.3) is 0 Å². The molecule has 1 saturated heterocycles. The van der Waals surface area contributed by atoms with Crippen molar-refractivity contribution < 1.29 is 23.9 Å². The summed E-state index contributed by atoms with van der Waals surface area (Å²) in [6.45, 7) is 1.28. The van der Waals surface area contributed by atoms with Crippen molar-refractivity contribution in [2.75, 3.05) is 38.8 Å². The molecule has 1 aromatic carbocycles. The number of ether oxygens (including phenoxy) is 2. The molecular weight excluding hydrogens is 348 g/mol. The van der Waals surface area contributed by atoms with Crippen LogP contribution in [0.2, 0.25) is 5.02 Å². The topological polar surface area (TPSA) is 84.9 Å². The first-order valence-corrected chi connectivity index (χ1v) is 8.30. The Morgan fingerprint density at radius 1 is 1.36 bits per heavy atom. The number of nitrogens with zero attached hydrogens (tertiary/aromatic N) is 1. The van der Waals surface area contributed by atoms with Crippen molar-refractivity contribution in [1.82, 2.24) is 5.32 Å². The Morgan fingerprint density at radius 2 is 2.12 bits per heavy atom. The molecule has 1 atom stereocenters. The van der Waals surface area contributed by atoms with Crippen LogP contribution >= 0.6 is 11.6 Å². The van der Waals surface area contributed by atoms with Gasteiger partial charge < -0.3 is 19.7 Å². The van der Waals surface area contributed by atoms with Crippen molar-refractivity contribution in [3.8, 4) is 0 Å². The lowest BCUT2D eigenvalue weighted by molar-refractivity contribution is -0.126. The highest BCUT2D eigenvalue weighted by molar-refractivity contribution is 6.34. The van der Waals surface area contributed by atoms with Gasteiger partial charge >= 0.3 is 5.97 Å². The van der Waals surface area contributed by atoms with Crippen molar-refractivity contribution >= 4 is 35.1 Å². The van der Waals surface area contributed by atoms with Crippen LogP contribution in [-0.2, 0) is 19.1 Å². The molecule has 0 spiro atoms. The van der Waals surface area contributed by atoms with Gasteiger partial charge in [-0.2, -0.15) is 0 Å². The quantitative estimate of drug-likeness (QED) is 0.584. The highest BCUT2D eigenvalue weighted by Gasteiger charge is 2.36. The van der Waals surface area contributed by atoms with Gasteiger partial charge in [-0.1, -0.05) is 11.6 Å². The normalized spacial score (nSPS) is 16.8. The van der Waals surface area contributed by atoms with Gasteiger partial charge in [-0.25, -0.2) is 4.79 Å². The molecule has 2 rings (SSSR count). The van der Waals surface area contributed by atoms with Gasteiger partial charge in [0, 0.05) is 33.2 Å². The van der Waals surface area contributed by atoms with E-state index in [1.165, 1.54) is 30.2 Å². The van der Waals surface area contributed by atoms with E-state index < -0.39 is 11.9 Å². The lowest BCUT2D eigenvalue weighted by Gasteiger charge is -2.19. The van der Waals surface area contributed by atoms with Crippen LogP contribution in [0.15, 0.2) is 18.2 Å². The zero-order valence-corrected chi connectivity index (χ0v) is 15.0. The van der Waals surface area contributed by atoms with Gasteiger partial charge in [-0.3, -0.25) is 9.59 Å². The molecule has 8 heteroatoms. The maximum atomic E-state index is 12.3. The number of methoxy groups -OCH3 is 2. The molecule has 0 aliphatic carbocycles. The molecule has 1 unspecified atom stereocenters. The molecule has 0 radical (unpaired) electrons. The third kappa shape index (κ3) is 4.70. The number of hydrogen-bond donors (Lipinski definition) is 1. The number of hydrogen-bond acceptors (Lipinski definition) is 5. The summed E-state index contributed by atoms with van der Waals surface area (Å²) in [5, 5.41) is 3.14. The van der Waals surface area contributed by atoms with Crippen LogP contribution in [0.1, 0.15) is 23.2 Å². The van der Waals surface area contributed by atoms with E-state index in [4.69, 9.17) is 16.3 Å². The molecule has 1 aliphatic rings. The number of carbonyl (C=O) groups is 3. The van der Waals surface area contributed by atoms with Gasteiger partial charge in [0.2, 0.25) is 11.8 Å². The Morgan fingerprint density at radius 3 is 2.80 bits per heavy atom. The van der Waals surface area contributed by atoms with E-state index in [1.807, 2.05) is 0 Å². The van der Waals surface area contributed by atoms with Crippen molar-refractivity contribution in [3.63, 3.8) is 0 Å². The lowest BCUT2D eigenvalue weighted by Crippen LogP contribution is -2.34. The predicted molar refractivity (Wildman–Crippen MR) is 92.8 cm³/mol. The van der Waals surface area contributed by atoms with Crippen LogP contribution in [0.4, 0.5) is 5.69 Å². The van der Waals surface area contributed by atoms with Gasteiger partial charge in [0.05, 0.1) is 29.3 Å². The summed E-state index contributed by atoms with van der Waals surface area (Å²) in [6, 6.07) is 4.57. The third-order valence-corrected chi connectivity index (χ3v) is 4.30. The summed E-state index contributed by atoms with van der Waals surface area (Å²) in [5.74, 6) is -1.35. The second-order valence-corrected chi connectivity index (χ2v) is 6.11. The Bertz CT molecular complexity index is 664. The second-order valence-electron chi connectivity index (χ2n) is 5.70. The van der Waals surface area contributed by atoms with E-state index in [2.05, 4.69) is 10.1 Å². The van der Waals surface area contributed by atoms with E-state index in [9.17, 15) is 14.4 Å². The van der Waals surface area contributed by atoms with E-state index in [0.29, 0.717) is 35.8 Å². The predicted octanol–water partition coefficient (Wildman–Crippen LogP) is 1.63. The highest BCUT2D eigenvalue weighted by atomic mass is 35.5. The number of benzene rings is 1. The first-order valence-electron chi connectivity index (χ1n) is 7.92. The van der Waals surface area contributed by atoms with Crippen molar-refractivity contribution in [2.45, 2.75) is 12.8 Å². The van der Waals surface area contributed by atoms with Gasteiger partial charge in [0.15, 0.2) is 0 Å². The first kappa shape index (κ1) is 19.2. The zero-order valence-electron chi connectivity index (χ0n) is 14.2. The Hall–Kier alpha value is -2.12. The number of halogens is 1. The van der Waals surface area contributed by atoms with E-state index in [-0.39, 0.29) is 24.8 Å². The lowest BCUT2D eigenvalue weighted by atomic mass is 10.1. The minimum absolute atomic E-state index is 0.106. The maximum Gasteiger partial charge on any atom is 0.337 e. The van der Waals surface area contributed by atoms with Gasteiger partial charge in [0.25, 0.3) is 0 Å². The molecule has 136 valence electrons. The van der Waals surface area contributed by atoms with Crippen LogP contribution in [0.5, 0.6) is 0 Å². The van der Waals surface area contributed by atoms with E-state index >= 15 is 0 Å². The first-order chi connectivity index (χ1) is 12.0. The molecule has 1 N–H and O–H groups in total. The van der Waals surface area contributed by atoms with E-state index in [0.717, 1.165) is 0 Å². The molecule has 25 heavy (non-hydrogen) atoms. The van der Waals surface area contributed by atoms with Crippen LogP contribution in [0, 0.1) is 5.92 Å². The third-order valence-electron chi connectivity index (χ3n) is 3.98. The minimum atomic E-state index is -0.517. The fraction of sp³-hybridized carbons (Fsp3) is 0.471. The average Bonchev–Trinajstić information content (AvgIpc) is 3.00. The largest absolute Gasteiger partial charge is 0.465 e. The summed E-state index contributed by atoms with van der Waals surface area (Å²) in [4.78, 5) is 37.6. The average molecular weight is 369 g/mol.